The molecule has 0 bridgehead atoms. The van der Waals surface area contributed by atoms with E-state index < -0.39 is 11.4 Å². The fourth-order valence-electron chi connectivity index (χ4n) is 1.67. The minimum Gasteiger partial charge on any atom is -0.481 e. The molecule has 0 aromatic carbocycles. The summed E-state index contributed by atoms with van der Waals surface area (Å²) in [5.41, 5.74) is -0.672. The third-order valence-corrected chi connectivity index (χ3v) is 3.91. The number of ether oxygens (including phenoxy) is 1. The monoisotopic (exact) mass is 213 g/mol. The summed E-state index contributed by atoms with van der Waals surface area (Å²) in [4.78, 5) is 16.0. The van der Waals surface area contributed by atoms with Gasteiger partial charge in [-0.15, -0.1) is 0 Å². The van der Waals surface area contributed by atoms with Gasteiger partial charge >= 0.3 is 5.97 Å². The molecule has 0 radical (unpaired) electrons. The minimum absolute atomic E-state index is 0.535. The molecule has 1 aliphatic carbocycles. The van der Waals surface area contributed by atoms with Gasteiger partial charge in [0.05, 0.1) is 7.11 Å². The molecule has 0 atom stereocenters. The summed E-state index contributed by atoms with van der Waals surface area (Å²) in [6.07, 6.45) is 4.03. The Balaban J connectivity index is 2.32. The first kappa shape index (κ1) is 9.45. The smallest absolute Gasteiger partial charge is 0.315 e. The van der Waals surface area contributed by atoms with Gasteiger partial charge in [0.25, 0.3) is 5.19 Å². The molecule has 4 nitrogen and oxygen atoms in total. The van der Waals surface area contributed by atoms with Crippen molar-refractivity contribution in [3.63, 3.8) is 0 Å². The number of rotatable bonds is 3. The lowest BCUT2D eigenvalue weighted by Crippen LogP contribution is -2.41. The number of carbonyl (C=O) groups is 1. The zero-order chi connectivity index (χ0) is 10.2. The number of methoxy groups -OCH3 is 1. The predicted octanol–water partition coefficient (Wildman–Crippen LogP) is 1.66. The van der Waals surface area contributed by atoms with Crippen molar-refractivity contribution in [3.05, 3.63) is 11.1 Å². The first-order valence-electron chi connectivity index (χ1n) is 4.43. The van der Waals surface area contributed by atoms with E-state index in [0.29, 0.717) is 18.0 Å². The second kappa shape index (κ2) is 3.24. The van der Waals surface area contributed by atoms with Crippen LogP contribution in [0.5, 0.6) is 5.19 Å². The van der Waals surface area contributed by atoms with E-state index in [1.807, 2.05) is 0 Å². The summed E-state index contributed by atoms with van der Waals surface area (Å²) in [7, 11) is 1.54. The van der Waals surface area contributed by atoms with Crippen LogP contribution in [0.1, 0.15) is 24.1 Å². The van der Waals surface area contributed by atoms with Crippen LogP contribution in [-0.4, -0.2) is 23.2 Å². The molecule has 5 heteroatoms. The third-order valence-electron chi connectivity index (χ3n) is 2.75. The number of hydrogen-bond donors (Lipinski definition) is 1. The van der Waals surface area contributed by atoms with Crippen LogP contribution in [0, 0.1) is 0 Å². The Kier molecular flexibility index (Phi) is 2.19. The molecule has 1 saturated carbocycles. The fraction of sp³-hybridized carbons (Fsp3) is 0.556. The van der Waals surface area contributed by atoms with Crippen LogP contribution in [0.25, 0.3) is 0 Å². The molecule has 0 aliphatic heterocycles. The van der Waals surface area contributed by atoms with Crippen LogP contribution in [0.4, 0.5) is 0 Å². The lowest BCUT2D eigenvalue weighted by Gasteiger charge is -2.36. The number of aliphatic carboxylic acids is 1. The van der Waals surface area contributed by atoms with Crippen LogP contribution in [0.15, 0.2) is 6.20 Å². The van der Waals surface area contributed by atoms with E-state index in [0.717, 1.165) is 11.3 Å². The fourth-order valence-corrected chi connectivity index (χ4v) is 2.64. The van der Waals surface area contributed by atoms with Gasteiger partial charge in [-0.05, 0) is 12.8 Å². The molecule has 0 spiro atoms. The van der Waals surface area contributed by atoms with Crippen molar-refractivity contribution in [2.24, 2.45) is 0 Å². The highest BCUT2D eigenvalue weighted by atomic mass is 32.1. The van der Waals surface area contributed by atoms with Gasteiger partial charge in [0.2, 0.25) is 0 Å². The molecule has 14 heavy (non-hydrogen) atoms. The molecule has 0 amide bonds. The molecular weight excluding hydrogens is 202 g/mol. The van der Waals surface area contributed by atoms with Gasteiger partial charge in [-0.2, -0.15) is 0 Å². The zero-order valence-corrected chi connectivity index (χ0v) is 8.63. The molecule has 0 unspecified atom stereocenters. The minimum atomic E-state index is -0.741. The summed E-state index contributed by atoms with van der Waals surface area (Å²) < 4.78 is 4.95. The van der Waals surface area contributed by atoms with Crippen molar-refractivity contribution in [2.45, 2.75) is 24.7 Å². The maximum Gasteiger partial charge on any atom is 0.315 e. The van der Waals surface area contributed by atoms with Crippen molar-refractivity contribution in [3.8, 4) is 5.19 Å². The summed E-state index contributed by atoms with van der Waals surface area (Å²) in [6, 6.07) is 0. The SMILES string of the molecule is COc1ncc(C2(C(=O)O)CCC2)s1. The Morgan fingerprint density at radius 1 is 1.71 bits per heavy atom. The van der Waals surface area contributed by atoms with Gasteiger partial charge in [-0.1, -0.05) is 17.8 Å². The molecular formula is C9H11NO3S. The van der Waals surface area contributed by atoms with Crippen molar-refractivity contribution >= 4 is 17.3 Å². The molecule has 0 saturated heterocycles. The molecule has 76 valence electrons. The third kappa shape index (κ3) is 1.19. The molecule has 1 heterocycles. The van der Waals surface area contributed by atoms with Crippen molar-refractivity contribution in [1.29, 1.82) is 0 Å². The number of hydrogen-bond acceptors (Lipinski definition) is 4. The van der Waals surface area contributed by atoms with Gasteiger partial charge in [-0.3, -0.25) is 4.79 Å². The van der Waals surface area contributed by atoms with Crippen LogP contribution in [0.2, 0.25) is 0 Å². The average molecular weight is 213 g/mol. The number of carboxylic acids is 1. The molecule has 1 N–H and O–H groups in total. The quantitative estimate of drug-likeness (QED) is 0.829. The van der Waals surface area contributed by atoms with Crippen LogP contribution >= 0.6 is 11.3 Å². The summed E-state index contributed by atoms with van der Waals surface area (Å²) in [5, 5.41) is 9.69. The van der Waals surface area contributed by atoms with E-state index in [-0.39, 0.29) is 0 Å². The van der Waals surface area contributed by atoms with Gasteiger partial charge in [0.15, 0.2) is 0 Å². The highest BCUT2D eigenvalue weighted by Crippen LogP contribution is 2.46. The number of nitrogens with zero attached hydrogens (tertiary/aromatic N) is 1. The topological polar surface area (TPSA) is 59.4 Å². The Morgan fingerprint density at radius 3 is 2.79 bits per heavy atom. The van der Waals surface area contributed by atoms with Crippen LogP contribution in [0.3, 0.4) is 0 Å². The van der Waals surface area contributed by atoms with Crippen LogP contribution in [-0.2, 0) is 10.2 Å². The molecule has 1 aliphatic rings. The van der Waals surface area contributed by atoms with E-state index in [9.17, 15) is 4.79 Å². The largest absolute Gasteiger partial charge is 0.481 e. The predicted molar refractivity (Wildman–Crippen MR) is 51.8 cm³/mol. The van der Waals surface area contributed by atoms with E-state index in [1.54, 1.807) is 6.20 Å². The molecule has 1 fully saturated rings. The summed E-state index contributed by atoms with van der Waals surface area (Å²) in [5.74, 6) is -0.741. The van der Waals surface area contributed by atoms with E-state index in [2.05, 4.69) is 4.98 Å². The standard InChI is InChI=1S/C9H11NO3S/c1-13-8-10-5-6(14-8)9(7(11)12)3-2-4-9/h5H,2-4H2,1H3,(H,11,12). The van der Waals surface area contributed by atoms with Gasteiger partial charge in [0, 0.05) is 11.1 Å². The molecule has 2 rings (SSSR count). The highest BCUT2D eigenvalue weighted by Gasteiger charge is 2.47. The Hall–Kier alpha value is -1.10. The molecule has 1 aromatic rings. The normalized spacial score (nSPS) is 18.6. The average Bonchev–Trinajstić information content (AvgIpc) is 2.50. The van der Waals surface area contributed by atoms with Crippen molar-refractivity contribution < 1.29 is 14.6 Å². The number of carboxylic acid groups (broad SMARTS) is 1. The Morgan fingerprint density at radius 2 is 2.43 bits per heavy atom. The van der Waals surface area contributed by atoms with E-state index >= 15 is 0 Å². The number of aromatic nitrogens is 1. The first-order valence-corrected chi connectivity index (χ1v) is 5.24. The lowest BCUT2D eigenvalue weighted by molar-refractivity contribution is -0.147. The zero-order valence-electron chi connectivity index (χ0n) is 7.82. The van der Waals surface area contributed by atoms with E-state index in [4.69, 9.17) is 9.84 Å². The second-order valence-corrected chi connectivity index (χ2v) is 4.43. The van der Waals surface area contributed by atoms with E-state index in [1.165, 1.54) is 18.4 Å². The lowest BCUT2D eigenvalue weighted by atomic mass is 9.68. The number of thiazole rings is 1. The molecule has 1 aromatic heterocycles. The maximum atomic E-state index is 11.1. The Bertz CT molecular complexity index is 357. The summed E-state index contributed by atoms with van der Waals surface area (Å²) >= 11 is 1.33. The first-order chi connectivity index (χ1) is 6.69. The highest BCUT2D eigenvalue weighted by molar-refractivity contribution is 7.13. The van der Waals surface area contributed by atoms with Gasteiger partial charge in [0.1, 0.15) is 5.41 Å². The Labute approximate surface area is 85.5 Å². The van der Waals surface area contributed by atoms with Crippen molar-refractivity contribution in [1.82, 2.24) is 4.98 Å². The van der Waals surface area contributed by atoms with Gasteiger partial charge in [-0.25, -0.2) is 4.98 Å². The summed E-state index contributed by atoms with van der Waals surface area (Å²) in [6.45, 7) is 0. The maximum absolute atomic E-state index is 11.1. The van der Waals surface area contributed by atoms with Gasteiger partial charge < -0.3 is 9.84 Å². The van der Waals surface area contributed by atoms with Crippen molar-refractivity contribution in [2.75, 3.05) is 7.11 Å². The second-order valence-electron chi connectivity index (χ2n) is 3.44. The van der Waals surface area contributed by atoms with Crippen LogP contribution < -0.4 is 4.74 Å².